The highest BCUT2D eigenvalue weighted by atomic mass is 35.5. The van der Waals surface area contributed by atoms with E-state index in [9.17, 15) is 0 Å². The van der Waals surface area contributed by atoms with Gasteiger partial charge in [-0.05, 0) is 42.7 Å². The Hall–Kier alpha value is -2.07. The Morgan fingerprint density at radius 3 is 2.62 bits per heavy atom. The van der Waals surface area contributed by atoms with Crippen LogP contribution in [0.1, 0.15) is 23.9 Å². The summed E-state index contributed by atoms with van der Waals surface area (Å²) in [5, 5.41) is 3.34. The maximum absolute atomic E-state index is 4.73. The number of fused-ring (bicyclic) bond motifs is 1. The topological polar surface area (TPSA) is 53.6 Å². The molecule has 3 aromatic rings. The second kappa shape index (κ2) is 6.59. The number of nitrogens with one attached hydrogen (secondary N) is 2. The van der Waals surface area contributed by atoms with E-state index in [1.807, 2.05) is 12.1 Å². The van der Waals surface area contributed by atoms with Crippen LogP contribution in [0, 0.1) is 6.92 Å². The van der Waals surface area contributed by atoms with Crippen LogP contribution in [-0.4, -0.2) is 15.0 Å². The van der Waals surface area contributed by atoms with Crippen LogP contribution in [0.5, 0.6) is 0 Å². The van der Waals surface area contributed by atoms with Gasteiger partial charge in [-0.2, -0.15) is 0 Å². The van der Waals surface area contributed by atoms with Crippen LogP contribution < -0.4 is 5.32 Å². The standard InChI is InChI=1S/C16H18N4.ClH/c1-3-13-11(2)4-5-14-16(13)20-15(19-14)10-18-12-6-8-17-9-7-12;/h4-9H,3,10H2,1-2H3,(H,17,18)(H,19,20);1H. The third-order valence-corrected chi connectivity index (χ3v) is 3.54. The minimum absolute atomic E-state index is 0. The number of imidazole rings is 1. The van der Waals surface area contributed by atoms with E-state index in [0.717, 1.165) is 29.0 Å². The fraction of sp³-hybridized carbons (Fsp3) is 0.250. The number of rotatable bonds is 4. The van der Waals surface area contributed by atoms with Gasteiger partial charge in [-0.15, -0.1) is 12.4 Å². The first kappa shape index (κ1) is 15.3. The molecule has 1 aromatic carbocycles. The number of aryl methyl sites for hydroxylation is 2. The molecular weight excluding hydrogens is 284 g/mol. The van der Waals surface area contributed by atoms with Gasteiger partial charge >= 0.3 is 0 Å². The second-order valence-electron chi connectivity index (χ2n) is 4.88. The number of pyridine rings is 1. The Morgan fingerprint density at radius 2 is 1.90 bits per heavy atom. The van der Waals surface area contributed by atoms with Crippen LogP contribution in [0.3, 0.4) is 0 Å². The minimum Gasteiger partial charge on any atom is -0.378 e. The number of hydrogen-bond acceptors (Lipinski definition) is 3. The van der Waals surface area contributed by atoms with E-state index in [-0.39, 0.29) is 12.4 Å². The average molecular weight is 303 g/mol. The maximum atomic E-state index is 4.73. The molecule has 0 saturated carbocycles. The van der Waals surface area contributed by atoms with Crippen molar-refractivity contribution in [1.29, 1.82) is 0 Å². The van der Waals surface area contributed by atoms with Crippen LogP contribution in [0.15, 0.2) is 36.7 Å². The van der Waals surface area contributed by atoms with Crippen molar-refractivity contribution in [3.05, 3.63) is 53.6 Å². The summed E-state index contributed by atoms with van der Waals surface area (Å²) in [6.45, 7) is 4.99. The van der Waals surface area contributed by atoms with Crippen molar-refractivity contribution in [2.45, 2.75) is 26.8 Å². The maximum Gasteiger partial charge on any atom is 0.126 e. The van der Waals surface area contributed by atoms with E-state index in [0.29, 0.717) is 6.54 Å². The van der Waals surface area contributed by atoms with Crippen molar-refractivity contribution in [2.75, 3.05) is 5.32 Å². The Labute approximate surface area is 130 Å². The lowest BCUT2D eigenvalue weighted by Crippen LogP contribution is -2.00. The average Bonchev–Trinajstić information content (AvgIpc) is 2.89. The molecule has 3 rings (SSSR count). The van der Waals surface area contributed by atoms with Gasteiger partial charge in [0.2, 0.25) is 0 Å². The molecule has 21 heavy (non-hydrogen) atoms. The Morgan fingerprint density at radius 1 is 1.14 bits per heavy atom. The highest BCUT2D eigenvalue weighted by Gasteiger charge is 2.08. The summed E-state index contributed by atoms with van der Waals surface area (Å²) in [7, 11) is 0. The molecule has 0 bridgehead atoms. The summed E-state index contributed by atoms with van der Waals surface area (Å²) in [4.78, 5) is 12.1. The monoisotopic (exact) mass is 302 g/mol. The van der Waals surface area contributed by atoms with Crippen molar-refractivity contribution in [2.24, 2.45) is 0 Å². The molecule has 0 unspecified atom stereocenters. The molecule has 0 amide bonds. The van der Waals surface area contributed by atoms with Crippen molar-refractivity contribution < 1.29 is 0 Å². The molecule has 4 nitrogen and oxygen atoms in total. The second-order valence-corrected chi connectivity index (χ2v) is 4.88. The van der Waals surface area contributed by atoms with Crippen LogP contribution in [0.25, 0.3) is 11.0 Å². The van der Waals surface area contributed by atoms with E-state index in [1.54, 1.807) is 12.4 Å². The Bertz CT molecular complexity index is 722. The summed E-state index contributed by atoms with van der Waals surface area (Å²) < 4.78 is 0. The summed E-state index contributed by atoms with van der Waals surface area (Å²) in [5.74, 6) is 0.956. The van der Waals surface area contributed by atoms with Gasteiger partial charge in [-0.1, -0.05) is 13.0 Å². The lowest BCUT2D eigenvalue weighted by atomic mass is 10.1. The highest BCUT2D eigenvalue weighted by Crippen LogP contribution is 2.21. The number of anilines is 1. The van der Waals surface area contributed by atoms with E-state index < -0.39 is 0 Å². The summed E-state index contributed by atoms with van der Waals surface area (Å²) in [5.41, 5.74) is 5.89. The number of nitrogens with zero attached hydrogens (tertiary/aromatic N) is 2. The zero-order valence-corrected chi connectivity index (χ0v) is 13.0. The van der Waals surface area contributed by atoms with Gasteiger partial charge in [0.15, 0.2) is 0 Å². The van der Waals surface area contributed by atoms with Crippen LogP contribution >= 0.6 is 12.4 Å². The van der Waals surface area contributed by atoms with E-state index in [1.165, 1.54) is 11.1 Å². The fourth-order valence-electron chi connectivity index (χ4n) is 2.47. The molecule has 0 aliphatic carbocycles. The fourth-order valence-corrected chi connectivity index (χ4v) is 2.47. The Balaban J connectivity index is 0.00000161. The van der Waals surface area contributed by atoms with Crippen molar-refractivity contribution in [1.82, 2.24) is 15.0 Å². The number of aromatic nitrogens is 3. The van der Waals surface area contributed by atoms with E-state index in [2.05, 4.69) is 41.3 Å². The summed E-state index contributed by atoms with van der Waals surface area (Å²) in [6, 6.07) is 8.15. The molecule has 2 N–H and O–H groups in total. The zero-order chi connectivity index (χ0) is 13.9. The number of halogens is 1. The third kappa shape index (κ3) is 3.16. The van der Waals surface area contributed by atoms with Crippen LogP contribution in [0.2, 0.25) is 0 Å². The molecule has 110 valence electrons. The lowest BCUT2D eigenvalue weighted by Gasteiger charge is -2.02. The zero-order valence-electron chi connectivity index (χ0n) is 12.2. The normalized spacial score (nSPS) is 10.4. The predicted molar refractivity (Wildman–Crippen MR) is 89.0 cm³/mol. The van der Waals surface area contributed by atoms with Gasteiger partial charge in [-0.25, -0.2) is 4.98 Å². The van der Waals surface area contributed by atoms with Crippen molar-refractivity contribution in [3.63, 3.8) is 0 Å². The molecule has 0 aliphatic heterocycles. The lowest BCUT2D eigenvalue weighted by molar-refractivity contribution is 1.01. The van der Waals surface area contributed by atoms with Crippen molar-refractivity contribution >= 4 is 29.1 Å². The molecule has 0 fully saturated rings. The van der Waals surface area contributed by atoms with Crippen LogP contribution in [0.4, 0.5) is 5.69 Å². The molecule has 0 atom stereocenters. The predicted octanol–water partition coefficient (Wildman–Crippen LogP) is 3.86. The highest BCUT2D eigenvalue weighted by molar-refractivity contribution is 5.85. The molecule has 0 aliphatic rings. The van der Waals surface area contributed by atoms with Gasteiger partial charge in [0.1, 0.15) is 5.82 Å². The molecule has 0 radical (unpaired) electrons. The molecule has 0 saturated heterocycles. The number of benzene rings is 1. The molecule has 2 heterocycles. The SMILES string of the molecule is CCc1c(C)ccc2[nH]c(CNc3ccncc3)nc12.Cl. The summed E-state index contributed by atoms with van der Waals surface area (Å²) >= 11 is 0. The first-order chi connectivity index (χ1) is 9.78. The largest absolute Gasteiger partial charge is 0.378 e. The number of hydrogen-bond donors (Lipinski definition) is 2. The van der Waals surface area contributed by atoms with Crippen LogP contribution in [-0.2, 0) is 13.0 Å². The quantitative estimate of drug-likeness (QED) is 0.769. The third-order valence-electron chi connectivity index (χ3n) is 3.54. The molecule has 0 spiro atoms. The van der Waals surface area contributed by atoms with E-state index >= 15 is 0 Å². The van der Waals surface area contributed by atoms with Gasteiger partial charge in [0.05, 0.1) is 17.6 Å². The minimum atomic E-state index is 0. The smallest absolute Gasteiger partial charge is 0.126 e. The van der Waals surface area contributed by atoms with Crippen molar-refractivity contribution in [3.8, 4) is 0 Å². The molecule has 2 aromatic heterocycles. The van der Waals surface area contributed by atoms with Gasteiger partial charge < -0.3 is 10.3 Å². The summed E-state index contributed by atoms with van der Waals surface area (Å²) in [6.07, 6.45) is 4.56. The number of H-pyrrole nitrogens is 1. The van der Waals surface area contributed by atoms with Gasteiger partial charge in [0.25, 0.3) is 0 Å². The Kier molecular flexibility index (Phi) is 4.81. The van der Waals surface area contributed by atoms with Gasteiger partial charge in [-0.3, -0.25) is 4.98 Å². The molecular formula is C16H19ClN4. The molecule has 5 heteroatoms. The first-order valence-electron chi connectivity index (χ1n) is 6.89. The van der Waals surface area contributed by atoms with E-state index in [4.69, 9.17) is 4.98 Å². The van der Waals surface area contributed by atoms with Gasteiger partial charge in [0, 0.05) is 18.1 Å². The first-order valence-corrected chi connectivity index (χ1v) is 6.89. The number of aromatic amines is 1.